The maximum absolute atomic E-state index is 12.5. The predicted molar refractivity (Wildman–Crippen MR) is 104 cm³/mol. The Labute approximate surface area is 153 Å². The van der Waals surface area contributed by atoms with Gasteiger partial charge in [-0.05, 0) is 37.3 Å². The Balaban J connectivity index is 1.72. The monoisotopic (exact) mass is 356 g/mol. The number of nitrogens with one attached hydrogen (secondary N) is 1. The lowest BCUT2D eigenvalue weighted by Crippen LogP contribution is -2.17. The van der Waals surface area contributed by atoms with Crippen LogP contribution in [0.15, 0.2) is 65.7 Å². The molecular weight excluding hydrogens is 340 g/mol. The zero-order valence-electron chi connectivity index (χ0n) is 14.6. The van der Waals surface area contributed by atoms with Gasteiger partial charge < -0.3 is 4.98 Å². The van der Waals surface area contributed by atoms with Crippen LogP contribution in [0.25, 0.3) is 39.3 Å². The molecule has 27 heavy (non-hydrogen) atoms. The number of fused-ring (bicyclic) bond motifs is 2. The van der Waals surface area contributed by atoms with Crippen LogP contribution in [0.3, 0.4) is 0 Å². The van der Waals surface area contributed by atoms with Crippen molar-refractivity contribution in [2.75, 3.05) is 0 Å². The zero-order chi connectivity index (χ0) is 18.4. The summed E-state index contributed by atoms with van der Waals surface area (Å²) in [7, 11) is 0. The Bertz CT molecular complexity index is 1310. The first-order valence-electron chi connectivity index (χ1n) is 8.74. The second-order valence-electron chi connectivity index (χ2n) is 6.24. The van der Waals surface area contributed by atoms with Gasteiger partial charge in [-0.2, -0.15) is 5.10 Å². The van der Waals surface area contributed by atoms with Crippen molar-refractivity contribution >= 4 is 22.1 Å². The molecule has 0 saturated carbocycles. The minimum absolute atomic E-state index is 0.162. The summed E-state index contributed by atoms with van der Waals surface area (Å²) >= 11 is 0. The highest BCUT2D eigenvalue weighted by Crippen LogP contribution is 2.26. The fourth-order valence-electron chi connectivity index (χ4n) is 3.29. The van der Waals surface area contributed by atoms with Gasteiger partial charge in [0, 0.05) is 30.6 Å². The number of benzene rings is 1. The third kappa shape index (κ3) is 2.43. The Hall–Kier alpha value is -3.74. The van der Waals surface area contributed by atoms with E-state index in [9.17, 15) is 4.79 Å². The van der Waals surface area contributed by atoms with Crippen LogP contribution in [0.1, 0.15) is 6.92 Å². The molecule has 0 radical (unpaired) electrons. The standard InChI is InChI=1S/C20H16N6O/c1-2-26-16-8-5-11-21-19(16)18(24-26)13-9-10-17(27)25(12-13)20-22-14-6-3-4-7-15(14)23-20/h3-12H,2H2,1H3,(H,22,23). The van der Waals surface area contributed by atoms with Crippen molar-refractivity contribution < 1.29 is 0 Å². The normalized spacial score (nSPS) is 11.4. The Morgan fingerprint density at radius 3 is 2.81 bits per heavy atom. The highest BCUT2D eigenvalue weighted by Gasteiger charge is 2.15. The number of aryl methyl sites for hydroxylation is 1. The molecule has 0 aliphatic carbocycles. The summed E-state index contributed by atoms with van der Waals surface area (Å²) < 4.78 is 3.42. The summed E-state index contributed by atoms with van der Waals surface area (Å²) in [5, 5.41) is 4.69. The number of imidazole rings is 1. The molecule has 0 atom stereocenters. The molecule has 0 amide bonds. The first kappa shape index (κ1) is 15.5. The SMILES string of the molecule is CCn1nc(-c2ccc(=O)n(-c3nc4ccccc4[nH]3)c2)c2ncccc21. The van der Waals surface area contributed by atoms with E-state index in [-0.39, 0.29) is 5.56 Å². The van der Waals surface area contributed by atoms with Crippen LogP contribution in [0.5, 0.6) is 0 Å². The van der Waals surface area contributed by atoms with E-state index in [1.807, 2.05) is 48.0 Å². The number of aromatic nitrogens is 6. The number of hydrogen-bond donors (Lipinski definition) is 1. The lowest BCUT2D eigenvalue weighted by molar-refractivity contribution is 0.686. The molecule has 0 aliphatic rings. The van der Waals surface area contributed by atoms with Gasteiger partial charge in [0.05, 0.1) is 16.6 Å². The van der Waals surface area contributed by atoms with Crippen molar-refractivity contribution in [1.29, 1.82) is 0 Å². The minimum atomic E-state index is -0.162. The van der Waals surface area contributed by atoms with E-state index in [1.165, 1.54) is 10.6 Å². The summed E-state index contributed by atoms with van der Waals surface area (Å²) in [6, 6.07) is 14.9. The van der Waals surface area contributed by atoms with Crippen molar-refractivity contribution in [3.05, 3.63) is 71.3 Å². The fourth-order valence-corrected chi connectivity index (χ4v) is 3.29. The molecule has 1 aromatic carbocycles. The van der Waals surface area contributed by atoms with Crippen LogP contribution in [-0.2, 0) is 6.54 Å². The molecule has 0 fully saturated rings. The Morgan fingerprint density at radius 1 is 1.07 bits per heavy atom. The van der Waals surface area contributed by atoms with Gasteiger partial charge in [0.25, 0.3) is 5.56 Å². The second-order valence-corrected chi connectivity index (χ2v) is 6.24. The van der Waals surface area contributed by atoms with Crippen LogP contribution < -0.4 is 5.56 Å². The largest absolute Gasteiger partial charge is 0.323 e. The van der Waals surface area contributed by atoms with Crippen molar-refractivity contribution in [2.24, 2.45) is 0 Å². The summed E-state index contributed by atoms with van der Waals surface area (Å²) in [6.45, 7) is 2.78. The molecular formula is C20H16N6O. The molecule has 0 bridgehead atoms. The van der Waals surface area contributed by atoms with Crippen LogP contribution in [0.4, 0.5) is 0 Å². The van der Waals surface area contributed by atoms with Gasteiger partial charge in [-0.1, -0.05) is 12.1 Å². The number of H-pyrrole nitrogens is 1. The Kier molecular flexibility index (Phi) is 3.39. The zero-order valence-corrected chi connectivity index (χ0v) is 14.6. The number of rotatable bonds is 3. The molecule has 4 heterocycles. The molecule has 4 aromatic heterocycles. The molecule has 132 valence electrons. The minimum Gasteiger partial charge on any atom is -0.323 e. The quantitative estimate of drug-likeness (QED) is 0.538. The van der Waals surface area contributed by atoms with Crippen LogP contribution in [-0.4, -0.2) is 29.3 Å². The van der Waals surface area contributed by atoms with E-state index >= 15 is 0 Å². The molecule has 5 rings (SSSR count). The predicted octanol–water partition coefficient (Wildman–Crippen LogP) is 3.15. The van der Waals surface area contributed by atoms with E-state index < -0.39 is 0 Å². The number of nitrogens with zero attached hydrogens (tertiary/aromatic N) is 5. The van der Waals surface area contributed by atoms with Crippen LogP contribution >= 0.6 is 0 Å². The smallest absolute Gasteiger partial charge is 0.257 e. The Morgan fingerprint density at radius 2 is 1.96 bits per heavy atom. The molecule has 7 nitrogen and oxygen atoms in total. The van der Waals surface area contributed by atoms with E-state index in [4.69, 9.17) is 5.10 Å². The van der Waals surface area contributed by atoms with E-state index in [2.05, 4.69) is 15.0 Å². The summed E-state index contributed by atoms with van der Waals surface area (Å²) in [5.74, 6) is 0.482. The second kappa shape index (κ2) is 5.91. The van der Waals surface area contributed by atoms with E-state index in [0.717, 1.165) is 39.9 Å². The summed E-state index contributed by atoms with van der Waals surface area (Å²) in [6.07, 6.45) is 3.51. The molecule has 0 aliphatic heterocycles. The van der Waals surface area contributed by atoms with Gasteiger partial charge in [-0.3, -0.25) is 19.0 Å². The third-order valence-electron chi connectivity index (χ3n) is 4.60. The number of para-hydroxylation sites is 2. The lowest BCUT2D eigenvalue weighted by atomic mass is 10.2. The third-order valence-corrected chi connectivity index (χ3v) is 4.60. The highest BCUT2D eigenvalue weighted by atomic mass is 16.1. The van der Waals surface area contributed by atoms with Crippen molar-refractivity contribution in [3.63, 3.8) is 0 Å². The molecule has 1 N–H and O–H groups in total. The van der Waals surface area contributed by atoms with Crippen LogP contribution in [0.2, 0.25) is 0 Å². The molecule has 5 aromatic rings. The van der Waals surface area contributed by atoms with Gasteiger partial charge in [0.2, 0.25) is 5.95 Å². The van der Waals surface area contributed by atoms with E-state index in [1.54, 1.807) is 18.5 Å². The molecule has 7 heteroatoms. The van der Waals surface area contributed by atoms with Crippen molar-refractivity contribution in [1.82, 2.24) is 29.3 Å². The van der Waals surface area contributed by atoms with Gasteiger partial charge in [0.1, 0.15) is 11.2 Å². The number of aromatic amines is 1. The summed E-state index contributed by atoms with van der Waals surface area (Å²) in [4.78, 5) is 24.7. The van der Waals surface area contributed by atoms with Crippen molar-refractivity contribution in [2.45, 2.75) is 13.5 Å². The fraction of sp³-hybridized carbons (Fsp3) is 0.100. The number of pyridine rings is 2. The van der Waals surface area contributed by atoms with Gasteiger partial charge in [0.15, 0.2) is 0 Å². The first-order chi connectivity index (χ1) is 13.2. The average Bonchev–Trinajstić information content (AvgIpc) is 3.30. The molecule has 0 spiro atoms. The first-order valence-corrected chi connectivity index (χ1v) is 8.74. The average molecular weight is 356 g/mol. The number of hydrogen-bond acceptors (Lipinski definition) is 4. The maximum atomic E-state index is 12.5. The van der Waals surface area contributed by atoms with Crippen molar-refractivity contribution in [3.8, 4) is 17.2 Å². The summed E-state index contributed by atoms with van der Waals surface area (Å²) in [5.41, 5.74) is 4.87. The van der Waals surface area contributed by atoms with Gasteiger partial charge in [-0.25, -0.2) is 4.98 Å². The van der Waals surface area contributed by atoms with E-state index in [0.29, 0.717) is 5.95 Å². The van der Waals surface area contributed by atoms with Gasteiger partial charge in [-0.15, -0.1) is 0 Å². The molecule has 0 saturated heterocycles. The van der Waals surface area contributed by atoms with Crippen LogP contribution in [0, 0.1) is 0 Å². The topological polar surface area (TPSA) is 81.4 Å². The molecule has 0 unspecified atom stereocenters. The highest BCUT2D eigenvalue weighted by molar-refractivity contribution is 5.89. The van der Waals surface area contributed by atoms with Gasteiger partial charge >= 0.3 is 0 Å². The lowest BCUT2D eigenvalue weighted by Gasteiger charge is -2.04. The maximum Gasteiger partial charge on any atom is 0.257 e.